The normalized spacial score (nSPS) is 10.9. The van der Waals surface area contributed by atoms with Gasteiger partial charge in [0.15, 0.2) is 18.1 Å². The molecule has 0 saturated heterocycles. The Morgan fingerprint density at radius 1 is 0.914 bits per heavy atom. The third-order valence-corrected chi connectivity index (χ3v) is 5.36. The van der Waals surface area contributed by atoms with Gasteiger partial charge in [0, 0.05) is 24.6 Å². The lowest BCUT2D eigenvalue weighted by Crippen LogP contribution is -2.18. The highest BCUT2D eigenvalue weighted by Crippen LogP contribution is 2.20. The molecule has 2 aromatic carbocycles. The molecule has 0 aliphatic heterocycles. The van der Waals surface area contributed by atoms with Crippen molar-refractivity contribution in [3.05, 3.63) is 90.0 Å². The lowest BCUT2D eigenvalue weighted by Gasteiger charge is -2.09. The Hall–Kier alpha value is -4.40. The van der Waals surface area contributed by atoms with Gasteiger partial charge < -0.3 is 15.4 Å². The Labute approximate surface area is 203 Å². The van der Waals surface area contributed by atoms with E-state index in [4.69, 9.17) is 4.74 Å². The second-order valence-electron chi connectivity index (χ2n) is 8.26. The van der Waals surface area contributed by atoms with Gasteiger partial charge in [-0.05, 0) is 48.7 Å². The third-order valence-electron chi connectivity index (χ3n) is 5.36. The van der Waals surface area contributed by atoms with Crippen LogP contribution in [0.3, 0.4) is 0 Å². The zero-order valence-corrected chi connectivity index (χ0v) is 19.9. The molecule has 9 nitrogen and oxygen atoms in total. The van der Waals surface area contributed by atoms with Crippen LogP contribution in [0, 0.1) is 0 Å². The van der Waals surface area contributed by atoms with Gasteiger partial charge in [-0.3, -0.25) is 14.3 Å². The molecule has 2 amide bonds. The summed E-state index contributed by atoms with van der Waals surface area (Å²) in [5.74, 6) is 0.304. The molecule has 0 bridgehead atoms. The van der Waals surface area contributed by atoms with E-state index < -0.39 is 11.8 Å². The number of anilines is 2. The minimum atomic E-state index is -0.450. The smallest absolute Gasteiger partial charge is 0.278 e. The third kappa shape index (κ3) is 5.94. The van der Waals surface area contributed by atoms with Gasteiger partial charge in [-0.25, -0.2) is 4.68 Å². The van der Waals surface area contributed by atoms with Crippen LogP contribution < -0.4 is 15.4 Å². The summed E-state index contributed by atoms with van der Waals surface area (Å²) in [6.07, 6.45) is 3.29. The van der Waals surface area contributed by atoms with Crippen molar-refractivity contribution >= 4 is 23.2 Å². The molecule has 2 heterocycles. The van der Waals surface area contributed by atoms with Gasteiger partial charge in [-0.2, -0.15) is 10.2 Å². The van der Waals surface area contributed by atoms with E-state index in [1.165, 1.54) is 10.2 Å². The predicted molar refractivity (Wildman–Crippen MR) is 134 cm³/mol. The summed E-state index contributed by atoms with van der Waals surface area (Å²) in [5, 5.41) is 14.1. The van der Waals surface area contributed by atoms with Crippen molar-refractivity contribution < 1.29 is 14.3 Å². The van der Waals surface area contributed by atoms with E-state index in [9.17, 15) is 9.59 Å². The topological polar surface area (TPSA) is 103 Å². The van der Waals surface area contributed by atoms with Gasteiger partial charge in [-0.1, -0.05) is 44.2 Å². The molecule has 35 heavy (non-hydrogen) atoms. The van der Waals surface area contributed by atoms with Crippen LogP contribution in [-0.4, -0.2) is 31.4 Å². The predicted octanol–water partition coefficient (Wildman–Crippen LogP) is 4.76. The molecule has 4 rings (SSSR count). The SMILES string of the molecule is CCn1cc(NC(=O)c2ccn(COc3ccc(C(C)C)cc3)n2)c(C(=O)Nc2ccccc2)n1. The van der Waals surface area contributed by atoms with Gasteiger partial charge in [-0.15, -0.1) is 0 Å². The fourth-order valence-electron chi connectivity index (χ4n) is 3.38. The molecule has 0 atom stereocenters. The minimum Gasteiger partial charge on any atom is -0.471 e. The summed E-state index contributed by atoms with van der Waals surface area (Å²) >= 11 is 0. The van der Waals surface area contributed by atoms with Gasteiger partial charge in [0.05, 0.1) is 5.69 Å². The fraction of sp³-hybridized carbons (Fsp3) is 0.231. The Balaban J connectivity index is 1.41. The zero-order valence-electron chi connectivity index (χ0n) is 19.9. The van der Waals surface area contributed by atoms with Crippen molar-refractivity contribution in [2.24, 2.45) is 0 Å². The van der Waals surface area contributed by atoms with E-state index in [2.05, 4.69) is 34.7 Å². The number of hydrogen-bond donors (Lipinski definition) is 2. The van der Waals surface area contributed by atoms with Crippen molar-refractivity contribution in [3.8, 4) is 5.75 Å². The monoisotopic (exact) mass is 472 g/mol. The van der Waals surface area contributed by atoms with E-state index in [0.717, 1.165) is 5.75 Å². The van der Waals surface area contributed by atoms with Gasteiger partial charge in [0.1, 0.15) is 5.75 Å². The molecule has 0 aliphatic rings. The molecule has 0 radical (unpaired) electrons. The quantitative estimate of drug-likeness (QED) is 0.365. The molecule has 0 aliphatic carbocycles. The molecular weight excluding hydrogens is 444 g/mol. The van der Waals surface area contributed by atoms with E-state index in [1.54, 1.807) is 35.3 Å². The number of hydrogen-bond acceptors (Lipinski definition) is 5. The number of rotatable bonds is 9. The largest absolute Gasteiger partial charge is 0.471 e. The van der Waals surface area contributed by atoms with Crippen molar-refractivity contribution in [3.63, 3.8) is 0 Å². The summed E-state index contributed by atoms with van der Waals surface area (Å²) in [5.41, 5.74) is 2.50. The Bertz CT molecular complexity index is 1290. The Kier molecular flexibility index (Phi) is 7.25. The second kappa shape index (κ2) is 10.7. The van der Waals surface area contributed by atoms with Crippen molar-refractivity contribution in [1.82, 2.24) is 19.6 Å². The highest BCUT2D eigenvalue weighted by atomic mass is 16.5. The molecule has 180 valence electrons. The summed E-state index contributed by atoms with van der Waals surface area (Å²) in [6, 6.07) is 18.6. The van der Waals surface area contributed by atoms with Crippen LogP contribution in [0.4, 0.5) is 11.4 Å². The van der Waals surface area contributed by atoms with Crippen molar-refractivity contribution in [2.75, 3.05) is 10.6 Å². The summed E-state index contributed by atoms with van der Waals surface area (Å²) < 4.78 is 8.89. The molecule has 4 aromatic rings. The first-order valence-corrected chi connectivity index (χ1v) is 11.4. The molecule has 0 unspecified atom stereocenters. The van der Waals surface area contributed by atoms with Crippen LogP contribution >= 0.6 is 0 Å². The molecule has 2 aromatic heterocycles. The fourth-order valence-corrected chi connectivity index (χ4v) is 3.38. The van der Waals surface area contributed by atoms with Gasteiger partial charge in [0.25, 0.3) is 11.8 Å². The van der Waals surface area contributed by atoms with Gasteiger partial charge in [0.2, 0.25) is 0 Å². The highest BCUT2D eigenvalue weighted by Gasteiger charge is 2.20. The van der Waals surface area contributed by atoms with E-state index >= 15 is 0 Å². The van der Waals surface area contributed by atoms with Crippen LogP contribution in [0.15, 0.2) is 73.1 Å². The molecule has 9 heteroatoms. The van der Waals surface area contributed by atoms with Crippen LogP contribution in [0.1, 0.15) is 53.2 Å². The van der Waals surface area contributed by atoms with Crippen LogP contribution in [0.5, 0.6) is 5.75 Å². The number of para-hydroxylation sites is 1. The molecular formula is C26H28N6O3. The first kappa shape index (κ1) is 23.7. The van der Waals surface area contributed by atoms with Crippen molar-refractivity contribution in [2.45, 2.75) is 40.0 Å². The average Bonchev–Trinajstić information content (AvgIpc) is 3.51. The number of carbonyl (C=O) groups excluding carboxylic acids is 2. The summed E-state index contributed by atoms with van der Waals surface area (Å²) in [4.78, 5) is 25.6. The number of benzene rings is 2. The lowest BCUT2D eigenvalue weighted by molar-refractivity contribution is 0.102. The molecule has 2 N–H and O–H groups in total. The van der Waals surface area contributed by atoms with Crippen LogP contribution in [0.2, 0.25) is 0 Å². The molecule has 0 saturated carbocycles. The number of nitrogens with zero attached hydrogens (tertiary/aromatic N) is 4. The average molecular weight is 473 g/mol. The molecule has 0 fully saturated rings. The number of carbonyl (C=O) groups is 2. The second-order valence-corrected chi connectivity index (χ2v) is 8.26. The maximum Gasteiger partial charge on any atom is 0.278 e. The van der Waals surface area contributed by atoms with E-state index in [0.29, 0.717) is 23.8 Å². The zero-order chi connectivity index (χ0) is 24.8. The first-order valence-electron chi connectivity index (χ1n) is 11.4. The maximum absolute atomic E-state index is 12.8. The standard InChI is InChI=1S/C26H28N6O3/c1-4-31-16-23(24(30-31)26(34)27-20-8-6-5-7-9-20)28-25(33)22-14-15-32(29-22)17-35-21-12-10-19(11-13-21)18(2)3/h5-16,18H,4,17H2,1-3H3,(H,27,34)(H,28,33). The Morgan fingerprint density at radius 3 is 2.34 bits per heavy atom. The maximum atomic E-state index is 12.8. The first-order chi connectivity index (χ1) is 16.9. The van der Waals surface area contributed by atoms with E-state index in [1.807, 2.05) is 49.4 Å². The Morgan fingerprint density at radius 2 is 1.66 bits per heavy atom. The highest BCUT2D eigenvalue weighted by molar-refractivity contribution is 6.10. The number of aromatic nitrogens is 4. The number of ether oxygens (including phenoxy) is 1. The molecule has 0 spiro atoms. The lowest BCUT2D eigenvalue weighted by atomic mass is 10.0. The van der Waals surface area contributed by atoms with Gasteiger partial charge >= 0.3 is 0 Å². The van der Waals surface area contributed by atoms with Crippen LogP contribution in [0.25, 0.3) is 0 Å². The minimum absolute atomic E-state index is 0.122. The summed E-state index contributed by atoms with van der Waals surface area (Å²) in [6.45, 7) is 6.88. The van der Waals surface area contributed by atoms with Crippen molar-refractivity contribution in [1.29, 1.82) is 0 Å². The number of nitrogens with one attached hydrogen (secondary N) is 2. The number of aryl methyl sites for hydroxylation is 1. The van der Waals surface area contributed by atoms with E-state index in [-0.39, 0.29) is 18.1 Å². The number of amides is 2. The van der Waals surface area contributed by atoms with Crippen LogP contribution in [-0.2, 0) is 13.3 Å². The summed E-state index contributed by atoms with van der Waals surface area (Å²) in [7, 11) is 0.